The van der Waals surface area contributed by atoms with Crippen molar-refractivity contribution >= 4 is 51.5 Å². The molecule has 0 radical (unpaired) electrons. The van der Waals surface area contributed by atoms with Gasteiger partial charge in [0, 0.05) is 15.6 Å². The van der Waals surface area contributed by atoms with Gasteiger partial charge in [0.1, 0.15) is 22.6 Å². The predicted molar refractivity (Wildman–Crippen MR) is 99.4 cm³/mol. The van der Waals surface area contributed by atoms with E-state index in [0.717, 1.165) is 11.3 Å². The third-order valence-corrected chi connectivity index (χ3v) is 4.96. The Morgan fingerprint density at radius 3 is 2.65 bits per heavy atom. The molecule has 0 aliphatic rings. The number of carbonyl (C=O) groups is 2. The molecule has 1 aromatic heterocycles. The van der Waals surface area contributed by atoms with Crippen molar-refractivity contribution in [1.29, 1.82) is 5.26 Å². The normalized spacial score (nSPS) is 10.2. The van der Waals surface area contributed by atoms with Gasteiger partial charge < -0.3 is 15.2 Å². The van der Waals surface area contributed by atoms with Crippen molar-refractivity contribution in [3.05, 3.63) is 49.8 Å². The van der Waals surface area contributed by atoms with Gasteiger partial charge in [-0.05, 0) is 24.6 Å². The molecule has 0 atom stereocenters. The van der Waals surface area contributed by atoms with Gasteiger partial charge in [0.15, 0.2) is 0 Å². The van der Waals surface area contributed by atoms with Crippen LogP contribution in [0.15, 0.2) is 18.2 Å². The average molecular weight is 413 g/mol. The van der Waals surface area contributed by atoms with E-state index in [2.05, 4.69) is 0 Å². The average Bonchev–Trinajstić information content (AvgIpc) is 2.91. The van der Waals surface area contributed by atoms with Crippen molar-refractivity contribution in [2.45, 2.75) is 20.0 Å². The molecule has 0 unspecified atom stereocenters. The SMILES string of the molecule is CCOC(=O)c1sc(N)c(C#N)c1COC(=O)Cc1ccc(Cl)cc1Cl. The number of benzene rings is 1. The lowest BCUT2D eigenvalue weighted by molar-refractivity contribution is -0.144. The fourth-order valence-corrected chi connectivity index (χ4v) is 3.52. The molecule has 1 heterocycles. The van der Waals surface area contributed by atoms with Crippen LogP contribution in [0.1, 0.15) is 33.3 Å². The Hall–Kier alpha value is -2.27. The summed E-state index contributed by atoms with van der Waals surface area (Å²) in [6.07, 6.45) is -0.0771. The maximum absolute atomic E-state index is 12.1. The maximum Gasteiger partial charge on any atom is 0.348 e. The highest BCUT2D eigenvalue weighted by Crippen LogP contribution is 2.32. The number of hydrogen-bond acceptors (Lipinski definition) is 7. The number of anilines is 1. The molecular formula is C17H14Cl2N2O4S. The van der Waals surface area contributed by atoms with Crippen LogP contribution in [-0.4, -0.2) is 18.5 Å². The van der Waals surface area contributed by atoms with Gasteiger partial charge in [0.25, 0.3) is 0 Å². The molecule has 1 aromatic carbocycles. The van der Waals surface area contributed by atoms with Crippen LogP contribution in [0.5, 0.6) is 0 Å². The summed E-state index contributed by atoms with van der Waals surface area (Å²) in [5.74, 6) is -1.19. The van der Waals surface area contributed by atoms with Crippen LogP contribution in [-0.2, 0) is 27.3 Å². The van der Waals surface area contributed by atoms with E-state index in [1.165, 1.54) is 6.07 Å². The Morgan fingerprint density at radius 2 is 2.04 bits per heavy atom. The van der Waals surface area contributed by atoms with Crippen LogP contribution in [0, 0.1) is 11.3 Å². The maximum atomic E-state index is 12.1. The first-order valence-corrected chi connectivity index (χ1v) is 9.02. The summed E-state index contributed by atoms with van der Waals surface area (Å²) in [6, 6.07) is 6.68. The van der Waals surface area contributed by atoms with Gasteiger partial charge in [-0.15, -0.1) is 11.3 Å². The van der Waals surface area contributed by atoms with Crippen LogP contribution >= 0.6 is 34.5 Å². The Bertz CT molecular complexity index is 890. The molecule has 136 valence electrons. The monoisotopic (exact) mass is 412 g/mol. The van der Waals surface area contributed by atoms with Crippen LogP contribution in [0.25, 0.3) is 0 Å². The molecule has 0 aliphatic carbocycles. The lowest BCUT2D eigenvalue weighted by atomic mass is 10.1. The minimum absolute atomic E-state index is 0.0771. The number of nitrogens with two attached hydrogens (primary N) is 1. The second-order valence-electron chi connectivity index (χ2n) is 5.05. The molecule has 0 aliphatic heterocycles. The quantitative estimate of drug-likeness (QED) is 0.719. The number of nitrogen functional groups attached to an aromatic ring is 1. The molecule has 26 heavy (non-hydrogen) atoms. The summed E-state index contributed by atoms with van der Waals surface area (Å²) in [7, 11) is 0. The number of thiophene rings is 1. The van der Waals surface area contributed by atoms with Gasteiger partial charge in [-0.1, -0.05) is 29.3 Å². The number of rotatable bonds is 6. The second kappa shape index (κ2) is 8.90. The van der Waals surface area contributed by atoms with Gasteiger partial charge in [-0.2, -0.15) is 5.26 Å². The van der Waals surface area contributed by atoms with Crippen LogP contribution in [0.3, 0.4) is 0 Å². The zero-order valence-electron chi connectivity index (χ0n) is 13.7. The van der Waals surface area contributed by atoms with Gasteiger partial charge in [-0.25, -0.2) is 4.79 Å². The smallest absolute Gasteiger partial charge is 0.348 e. The van der Waals surface area contributed by atoms with Crippen molar-refractivity contribution in [2.24, 2.45) is 0 Å². The summed E-state index contributed by atoms with van der Waals surface area (Å²) in [4.78, 5) is 24.3. The first kappa shape index (κ1) is 20.0. The van der Waals surface area contributed by atoms with E-state index in [9.17, 15) is 14.9 Å². The first-order chi connectivity index (χ1) is 12.4. The molecular weight excluding hydrogens is 399 g/mol. The highest BCUT2D eigenvalue weighted by molar-refractivity contribution is 7.18. The molecule has 6 nitrogen and oxygen atoms in total. The molecule has 2 rings (SSSR count). The summed E-state index contributed by atoms with van der Waals surface area (Å²) in [5.41, 5.74) is 6.67. The number of hydrogen-bond donors (Lipinski definition) is 1. The number of halogens is 2. The summed E-state index contributed by atoms with van der Waals surface area (Å²) in [6.45, 7) is 1.57. The third-order valence-electron chi connectivity index (χ3n) is 3.33. The molecule has 2 aromatic rings. The topological polar surface area (TPSA) is 102 Å². The lowest BCUT2D eigenvalue weighted by Gasteiger charge is -2.08. The van der Waals surface area contributed by atoms with E-state index in [4.69, 9.17) is 38.4 Å². The van der Waals surface area contributed by atoms with Gasteiger partial charge in [0.2, 0.25) is 0 Å². The number of nitrogens with zero attached hydrogens (tertiary/aromatic N) is 1. The summed E-state index contributed by atoms with van der Waals surface area (Å²) >= 11 is 12.8. The lowest BCUT2D eigenvalue weighted by Crippen LogP contribution is -2.11. The molecule has 2 N–H and O–H groups in total. The first-order valence-electron chi connectivity index (χ1n) is 7.45. The van der Waals surface area contributed by atoms with Gasteiger partial charge >= 0.3 is 11.9 Å². The number of carbonyl (C=O) groups excluding carboxylic acids is 2. The molecule has 0 saturated carbocycles. The van der Waals surface area contributed by atoms with Crippen molar-refractivity contribution in [1.82, 2.24) is 0 Å². The van der Waals surface area contributed by atoms with E-state index in [0.29, 0.717) is 15.6 Å². The van der Waals surface area contributed by atoms with Crippen molar-refractivity contribution in [3.63, 3.8) is 0 Å². The number of nitriles is 1. The second-order valence-corrected chi connectivity index (χ2v) is 6.95. The molecule has 9 heteroatoms. The van der Waals surface area contributed by atoms with Crippen LogP contribution < -0.4 is 5.73 Å². The van der Waals surface area contributed by atoms with Gasteiger partial charge in [-0.3, -0.25) is 4.79 Å². The number of ether oxygens (including phenoxy) is 2. The van der Waals surface area contributed by atoms with Crippen molar-refractivity contribution < 1.29 is 19.1 Å². The minimum atomic E-state index is -0.613. The zero-order chi connectivity index (χ0) is 19.3. The van der Waals surface area contributed by atoms with E-state index >= 15 is 0 Å². The molecule has 0 amide bonds. The largest absolute Gasteiger partial charge is 0.462 e. The van der Waals surface area contributed by atoms with E-state index < -0.39 is 11.9 Å². The predicted octanol–water partition coefficient (Wildman–Crippen LogP) is 3.97. The Kier molecular flexibility index (Phi) is 6.86. The van der Waals surface area contributed by atoms with Crippen LogP contribution in [0.2, 0.25) is 10.0 Å². The van der Waals surface area contributed by atoms with Crippen molar-refractivity contribution in [2.75, 3.05) is 12.3 Å². The Morgan fingerprint density at radius 1 is 1.31 bits per heavy atom. The van der Waals surface area contributed by atoms with E-state index in [1.807, 2.05) is 6.07 Å². The summed E-state index contributed by atoms with van der Waals surface area (Å²) < 4.78 is 10.2. The van der Waals surface area contributed by atoms with Crippen LogP contribution in [0.4, 0.5) is 5.00 Å². The molecule has 0 bridgehead atoms. The van der Waals surface area contributed by atoms with E-state index in [1.54, 1.807) is 19.1 Å². The Labute approximate surface area is 164 Å². The zero-order valence-corrected chi connectivity index (χ0v) is 16.0. The highest BCUT2D eigenvalue weighted by Gasteiger charge is 2.24. The highest BCUT2D eigenvalue weighted by atomic mass is 35.5. The fourth-order valence-electron chi connectivity index (χ4n) is 2.13. The van der Waals surface area contributed by atoms with E-state index in [-0.39, 0.29) is 40.6 Å². The van der Waals surface area contributed by atoms with Crippen molar-refractivity contribution in [3.8, 4) is 6.07 Å². The standard InChI is InChI=1S/C17H14Cl2N2O4S/c1-2-24-17(23)15-12(11(7-20)16(21)26-15)8-25-14(22)5-9-3-4-10(18)6-13(9)19/h3-4,6H,2,5,8,21H2,1H3. The Balaban J connectivity index is 2.14. The minimum Gasteiger partial charge on any atom is -0.462 e. The molecule has 0 fully saturated rings. The van der Waals surface area contributed by atoms with Gasteiger partial charge in [0.05, 0.1) is 18.6 Å². The number of esters is 2. The molecule has 0 spiro atoms. The third kappa shape index (κ3) is 4.67. The fraction of sp³-hybridized carbons (Fsp3) is 0.235. The summed E-state index contributed by atoms with van der Waals surface area (Å²) in [5, 5.41) is 10.2. The molecule has 0 saturated heterocycles.